The van der Waals surface area contributed by atoms with Crippen LogP contribution in [0.25, 0.3) is 0 Å². The number of Topliss-reactive ketones (excluding diaryl/α,β-unsaturated/α-hetero) is 1. The number of aryl methyl sites for hydroxylation is 1. The molecule has 0 aromatic heterocycles. The number of sulfone groups is 1. The van der Waals surface area contributed by atoms with Crippen molar-refractivity contribution in [2.24, 2.45) is 5.92 Å². The molecule has 0 spiro atoms. The average Bonchev–Trinajstić information content (AvgIpc) is 2.28. The van der Waals surface area contributed by atoms with E-state index in [4.69, 9.17) is 0 Å². The Kier molecular flexibility index (Phi) is 5.73. The molecule has 0 bridgehead atoms. The molecule has 0 amide bonds. The van der Waals surface area contributed by atoms with Crippen molar-refractivity contribution < 1.29 is 13.2 Å². The maximum absolute atomic E-state index is 12.0. The largest absolute Gasteiger partial charge is 0.299 e. The normalized spacial score (nSPS) is 11.8. The van der Waals surface area contributed by atoms with Crippen LogP contribution in [0.2, 0.25) is 0 Å². The van der Waals surface area contributed by atoms with Crippen molar-refractivity contribution in [1.82, 2.24) is 0 Å². The maximum Gasteiger partial charge on any atom is 0.185 e. The van der Waals surface area contributed by atoms with Crippen LogP contribution in [0.1, 0.15) is 38.7 Å². The Morgan fingerprint density at radius 3 is 2.26 bits per heavy atom. The van der Waals surface area contributed by atoms with E-state index in [0.29, 0.717) is 12.3 Å². The minimum atomic E-state index is -3.48. The van der Waals surface area contributed by atoms with E-state index >= 15 is 0 Å². The van der Waals surface area contributed by atoms with E-state index in [1.165, 1.54) is 0 Å². The molecule has 1 rings (SSSR count). The van der Waals surface area contributed by atoms with Gasteiger partial charge in [0.1, 0.15) is 11.5 Å². The average molecular weight is 282 g/mol. The number of carbonyl (C=O) groups is 1. The van der Waals surface area contributed by atoms with Crippen LogP contribution in [0.5, 0.6) is 0 Å². The van der Waals surface area contributed by atoms with Crippen molar-refractivity contribution in [2.45, 2.75) is 44.9 Å². The van der Waals surface area contributed by atoms with Gasteiger partial charge in [0, 0.05) is 6.42 Å². The van der Waals surface area contributed by atoms with Gasteiger partial charge < -0.3 is 0 Å². The summed E-state index contributed by atoms with van der Waals surface area (Å²) in [6.45, 7) is 6.08. The maximum atomic E-state index is 12.0. The molecular weight excluding hydrogens is 260 g/mol. The van der Waals surface area contributed by atoms with Crippen molar-refractivity contribution in [1.29, 1.82) is 0 Å². The van der Waals surface area contributed by atoms with Crippen molar-refractivity contribution in [3.05, 3.63) is 29.8 Å². The van der Waals surface area contributed by atoms with Crippen LogP contribution >= 0.6 is 0 Å². The Balaban J connectivity index is 2.59. The predicted molar refractivity (Wildman–Crippen MR) is 76.9 cm³/mol. The molecule has 19 heavy (non-hydrogen) atoms. The molecule has 106 valence electrons. The number of ketones is 1. The van der Waals surface area contributed by atoms with Gasteiger partial charge in [-0.1, -0.05) is 38.0 Å². The van der Waals surface area contributed by atoms with Crippen LogP contribution in [0.3, 0.4) is 0 Å². The zero-order chi connectivity index (χ0) is 14.5. The first-order valence-electron chi connectivity index (χ1n) is 6.62. The predicted octanol–water partition coefficient (Wildman–Crippen LogP) is 3.16. The molecule has 0 aliphatic rings. The second kappa shape index (κ2) is 6.85. The SMILES string of the molecule is Cc1ccc(S(=O)(=O)CC(=O)CCCC(C)C)cc1. The van der Waals surface area contributed by atoms with Crippen molar-refractivity contribution in [2.75, 3.05) is 5.75 Å². The minimum Gasteiger partial charge on any atom is -0.299 e. The van der Waals surface area contributed by atoms with Gasteiger partial charge in [-0.2, -0.15) is 0 Å². The first-order chi connectivity index (χ1) is 8.81. The molecule has 0 saturated heterocycles. The van der Waals surface area contributed by atoms with Crippen LogP contribution in [0.4, 0.5) is 0 Å². The van der Waals surface area contributed by atoms with E-state index in [2.05, 4.69) is 13.8 Å². The van der Waals surface area contributed by atoms with Crippen molar-refractivity contribution in [3.8, 4) is 0 Å². The third-order valence-corrected chi connectivity index (χ3v) is 4.66. The van der Waals surface area contributed by atoms with Crippen LogP contribution in [-0.2, 0) is 14.6 Å². The molecule has 4 heteroatoms. The third kappa shape index (κ3) is 5.55. The lowest BCUT2D eigenvalue weighted by Crippen LogP contribution is -2.16. The van der Waals surface area contributed by atoms with Gasteiger partial charge in [-0.15, -0.1) is 0 Å². The van der Waals surface area contributed by atoms with Crippen LogP contribution in [0.15, 0.2) is 29.2 Å². The summed E-state index contributed by atoms with van der Waals surface area (Å²) in [7, 11) is -3.48. The Labute approximate surface area is 116 Å². The lowest BCUT2D eigenvalue weighted by Gasteiger charge is -2.06. The molecule has 0 aliphatic heterocycles. The first-order valence-corrected chi connectivity index (χ1v) is 8.27. The van der Waals surface area contributed by atoms with E-state index in [1.807, 2.05) is 6.92 Å². The lowest BCUT2D eigenvalue weighted by atomic mass is 10.1. The highest BCUT2D eigenvalue weighted by Gasteiger charge is 2.18. The smallest absolute Gasteiger partial charge is 0.185 e. The molecule has 0 heterocycles. The fraction of sp³-hybridized carbons (Fsp3) is 0.533. The molecule has 1 aromatic carbocycles. The summed E-state index contributed by atoms with van der Waals surface area (Å²) >= 11 is 0. The van der Waals surface area contributed by atoms with E-state index < -0.39 is 9.84 Å². The Bertz CT molecular complexity index is 513. The van der Waals surface area contributed by atoms with Gasteiger partial charge in [-0.3, -0.25) is 4.79 Å². The standard InChI is InChI=1S/C15H22O3S/c1-12(2)5-4-6-14(16)11-19(17,18)15-9-7-13(3)8-10-15/h7-10,12H,4-6,11H2,1-3H3. The van der Waals surface area contributed by atoms with E-state index in [1.54, 1.807) is 24.3 Å². The van der Waals surface area contributed by atoms with Gasteiger partial charge in [0.15, 0.2) is 9.84 Å². The van der Waals surface area contributed by atoms with Gasteiger partial charge >= 0.3 is 0 Å². The van der Waals surface area contributed by atoms with Crippen molar-refractivity contribution >= 4 is 15.6 Å². The summed E-state index contributed by atoms with van der Waals surface area (Å²) in [6, 6.07) is 6.62. The highest BCUT2D eigenvalue weighted by molar-refractivity contribution is 7.92. The van der Waals surface area contributed by atoms with Crippen LogP contribution < -0.4 is 0 Å². The molecule has 1 aromatic rings. The second-order valence-corrected chi connectivity index (χ2v) is 7.39. The monoisotopic (exact) mass is 282 g/mol. The fourth-order valence-corrected chi connectivity index (χ4v) is 3.11. The van der Waals surface area contributed by atoms with Crippen molar-refractivity contribution in [3.63, 3.8) is 0 Å². The van der Waals surface area contributed by atoms with Gasteiger partial charge in [0.25, 0.3) is 0 Å². The van der Waals surface area contributed by atoms with Gasteiger partial charge in [0.05, 0.1) is 4.90 Å². The summed E-state index contributed by atoms with van der Waals surface area (Å²) < 4.78 is 24.1. The zero-order valence-corrected chi connectivity index (χ0v) is 12.7. The fourth-order valence-electron chi connectivity index (χ4n) is 1.82. The highest BCUT2D eigenvalue weighted by Crippen LogP contribution is 2.14. The molecule has 0 atom stereocenters. The molecule has 3 nitrogen and oxygen atoms in total. The topological polar surface area (TPSA) is 51.2 Å². The Morgan fingerprint density at radius 1 is 1.16 bits per heavy atom. The van der Waals surface area contributed by atoms with Gasteiger partial charge in [0.2, 0.25) is 0 Å². The first kappa shape index (κ1) is 15.9. The summed E-state index contributed by atoms with van der Waals surface area (Å²) in [5.41, 5.74) is 1.00. The summed E-state index contributed by atoms with van der Waals surface area (Å²) in [6.07, 6.45) is 2.07. The van der Waals surface area contributed by atoms with E-state index in [-0.39, 0.29) is 16.4 Å². The minimum absolute atomic E-state index is 0.193. The number of hydrogen-bond acceptors (Lipinski definition) is 3. The zero-order valence-electron chi connectivity index (χ0n) is 11.8. The van der Waals surface area contributed by atoms with E-state index in [9.17, 15) is 13.2 Å². The molecule has 0 aliphatic carbocycles. The molecule has 0 fully saturated rings. The second-order valence-electron chi connectivity index (χ2n) is 5.40. The summed E-state index contributed by atoms with van der Waals surface area (Å²) in [4.78, 5) is 11.9. The Morgan fingerprint density at radius 2 is 1.74 bits per heavy atom. The summed E-state index contributed by atoms with van der Waals surface area (Å²) in [5.74, 6) is -0.0310. The molecule has 0 radical (unpaired) electrons. The number of carbonyl (C=O) groups excluding carboxylic acids is 1. The molecular formula is C15H22O3S. The quantitative estimate of drug-likeness (QED) is 0.772. The number of benzene rings is 1. The third-order valence-electron chi connectivity index (χ3n) is 2.97. The van der Waals surface area contributed by atoms with Gasteiger partial charge in [-0.05, 0) is 31.4 Å². The van der Waals surface area contributed by atoms with Crippen LogP contribution in [-0.4, -0.2) is 20.0 Å². The molecule has 0 N–H and O–H groups in total. The van der Waals surface area contributed by atoms with E-state index in [0.717, 1.165) is 18.4 Å². The van der Waals surface area contributed by atoms with Crippen LogP contribution in [0, 0.1) is 12.8 Å². The number of hydrogen-bond donors (Lipinski definition) is 0. The number of rotatable bonds is 7. The Hall–Kier alpha value is -1.16. The van der Waals surface area contributed by atoms with Gasteiger partial charge in [-0.25, -0.2) is 8.42 Å². The summed E-state index contributed by atoms with van der Waals surface area (Å²) in [5, 5.41) is 0. The molecule has 0 saturated carbocycles. The lowest BCUT2D eigenvalue weighted by molar-refractivity contribution is -0.116. The highest BCUT2D eigenvalue weighted by atomic mass is 32.2. The molecule has 0 unspecified atom stereocenters.